The average Bonchev–Trinajstić information content (AvgIpc) is 1.63. The van der Waals surface area contributed by atoms with E-state index in [1.165, 1.54) is 6.08 Å². The normalized spacial score (nSPS) is 16.0. The van der Waals surface area contributed by atoms with Crippen molar-refractivity contribution < 1.29 is 5.11 Å². The van der Waals surface area contributed by atoms with Gasteiger partial charge in [-0.25, -0.2) is 0 Å². The summed E-state index contributed by atoms with van der Waals surface area (Å²) in [5, 5.41) is 9.30. The van der Waals surface area contributed by atoms with Crippen molar-refractivity contribution in [1.82, 2.24) is 0 Å². The first kappa shape index (κ1) is 8.44. The Balaban J connectivity index is 4.18. The van der Waals surface area contributed by atoms with Crippen LogP contribution in [0.3, 0.4) is 0 Å². The Morgan fingerprint density at radius 2 is 2.00 bits per heavy atom. The van der Waals surface area contributed by atoms with Crippen molar-refractivity contribution >= 4 is 0 Å². The molecule has 0 aliphatic heterocycles. The van der Waals surface area contributed by atoms with E-state index in [1.807, 2.05) is 13.8 Å². The Morgan fingerprint density at radius 3 is 2.11 bits per heavy atom. The zero-order valence-corrected chi connectivity index (χ0v) is 6.31. The maximum atomic E-state index is 9.30. The molecule has 0 spiro atoms. The Bertz CT molecular complexity index is 128. The van der Waals surface area contributed by atoms with Crippen molar-refractivity contribution in [2.75, 3.05) is 0 Å². The molecule has 0 saturated carbocycles. The van der Waals surface area contributed by atoms with Crippen molar-refractivity contribution in [3.63, 3.8) is 0 Å². The summed E-state index contributed by atoms with van der Waals surface area (Å²) in [5.41, 5.74) is 0.263. The summed E-state index contributed by atoms with van der Waals surface area (Å²) in [4.78, 5) is 0. The first-order chi connectivity index (χ1) is 3.98. The van der Waals surface area contributed by atoms with Crippen LogP contribution in [-0.2, 0) is 0 Å². The van der Waals surface area contributed by atoms with Gasteiger partial charge in [-0.2, -0.15) is 0 Å². The van der Waals surface area contributed by atoms with Gasteiger partial charge in [-0.15, -0.1) is 0 Å². The van der Waals surface area contributed by atoms with Gasteiger partial charge < -0.3 is 5.11 Å². The van der Waals surface area contributed by atoms with Crippen LogP contribution in [0.15, 0.2) is 24.3 Å². The maximum absolute atomic E-state index is 9.30. The van der Waals surface area contributed by atoms with Crippen LogP contribution >= 0.6 is 0 Å². The van der Waals surface area contributed by atoms with Crippen LogP contribution in [0.5, 0.6) is 0 Å². The largest absolute Gasteiger partial charge is 0.382 e. The first-order valence-corrected chi connectivity index (χ1v) is 3.00. The minimum absolute atomic E-state index is 0.834. The van der Waals surface area contributed by atoms with Gasteiger partial charge >= 0.3 is 0 Å². The third-order valence-corrected chi connectivity index (χ3v) is 0.994. The van der Waals surface area contributed by atoms with Gasteiger partial charge in [0.25, 0.3) is 0 Å². The monoisotopic (exact) mass is 126 g/mol. The lowest BCUT2D eigenvalue weighted by Gasteiger charge is -2.12. The molecule has 0 heterocycles. The van der Waals surface area contributed by atoms with E-state index in [1.54, 1.807) is 13.0 Å². The molecule has 0 radical (unpaired) electrons. The molecule has 0 bridgehead atoms. The number of allylic oxidation sites excluding steroid dienone is 1. The van der Waals surface area contributed by atoms with E-state index in [9.17, 15) is 5.11 Å². The molecular formula is C8H14O. The second-order valence-corrected chi connectivity index (χ2v) is 2.65. The topological polar surface area (TPSA) is 20.2 Å². The molecule has 0 aromatic heterocycles. The molecule has 52 valence electrons. The minimum atomic E-state index is -0.834. The molecule has 1 nitrogen and oxygen atoms in total. The van der Waals surface area contributed by atoms with Crippen molar-refractivity contribution in [1.29, 1.82) is 0 Å². The molecule has 0 amide bonds. The summed E-state index contributed by atoms with van der Waals surface area (Å²) in [7, 11) is 0. The lowest BCUT2D eigenvalue weighted by atomic mass is 10.1. The fraction of sp³-hybridized carbons (Fsp3) is 0.500. The number of hydrogen-bond donors (Lipinski definition) is 1. The molecule has 0 aliphatic rings. The number of rotatable bonds is 2. The lowest BCUT2D eigenvalue weighted by Crippen LogP contribution is -2.16. The molecule has 0 rings (SSSR count). The van der Waals surface area contributed by atoms with Crippen LogP contribution in [0.25, 0.3) is 0 Å². The zero-order chi connectivity index (χ0) is 7.49. The summed E-state index contributed by atoms with van der Waals surface area (Å²) in [6, 6.07) is 0. The van der Waals surface area contributed by atoms with Crippen LogP contribution in [0, 0.1) is 0 Å². The highest BCUT2D eigenvalue weighted by molar-refractivity contribution is 5.12. The summed E-state index contributed by atoms with van der Waals surface area (Å²) in [6.07, 6.45) is 3.28. The predicted molar refractivity (Wildman–Crippen MR) is 40.3 cm³/mol. The summed E-state index contributed by atoms with van der Waals surface area (Å²) < 4.78 is 0. The fourth-order valence-electron chi connectivity index (χ4n) is 0.643. The molecular weight excluding hydrogens is 112 g/mol. The van der Waals surface area contributed by atoms with Crippen LogP contribution in [0.4, 0.5) is 0 Å². The third kappa shape index (κ3) is 3.98. The Hall–Kier alpha value is -0.560. The van der Waals surface area contributed by atoms with E-state index in [4.69, 9.17) is 0 Å². The first-order valence-electron chi connectivity index (χ1n) is 3.00. The smallest absolute Gasteiger partial charge is 0.0980 e. The molecule has 9 heavy (non-hydrogen) atoms. The molecule has 0 saturated heterocycles. The van der Waals surface area contributed by atoms with Gasteiger partial charge in [0, 0.05) is 0 Å². The van der Waals surface area contributed by atoms with E-state index >= 15 is 0 Å². The van der Waals surface area contributed by atoms with Crippen LogP contribution < -0.4 is 0 Å². The third-order valence-electron chi connectivity index (χ3n) is 0.994. The van der Waals surface area contributed by atoms with Crippen LogP contribution in [0.1, 0.15) is 20.8 Å². The molecule has 1 atom stereocenters. The Morgan fingerprint density at radius 1 is 1.56 bits per heavy atom. The van der Waals surface area contributed by atoms with Crippen LogP contribution in [-0.4, -0.2) is 10.7 Å². The molecule has 0 aliphatic carbocycles. The van der Waals surface area contributed by atoms with E-state index in [2.05, 4.69) is 6.58 Å². The van der Waals surface area contributed by atoms with Crippen LogP contribution in [0.2, 0.25) is 0 Å². The second kappa shape index (κ2) is 2.83. The molecule has 0 aromatic rings. The van der Waals surface area contributed by atoms with Crippen molar-refractivity contribution in [2.24, 2.45) is 0 Å². The molecule has 1 heteroatoms. The quantitative estimate of drug-likeness (QED) is 0.560. The van der Waals surface area contributed by atoms with E-state index in [-0.39, 0.29) is 0 Å². The number of hydrogen-bond acceptors (Lipinski definition) is 1. The van der Waals surface area contributed by atoms with Gasteiger partial charge in [0.1, 0.15) is 0 Å². The highest BCUT2D eigenvalue weighted by Crippen LogP contribution is 2.08. The standard InChI is InChI=1S/C8H14O/c1-5-8(4,9)6-7(2)3/h5-6,9H,1H2,2-4H3. The number of aliphatic hydroxyl groups is 1. The van der Waals surface area contributed by atoms with E-state index < -0.39 is 5.60 Å². The minimum Gasteiger partial charge on any atom is -0.382 e. The highest BCUT2D eigenvalue weighted by atomic mass is 16.3. The van der Waals surface area contributed by atoms with Gasteiger partial charge in [0.2, 0.25) is 0 Å². The highest BCUT2D eigenvalue weighted by Gasteiger charge is 2.09. The fourth-order valence-corrected chi connectivity index (χ4v) is 0.643. The molecule has 0 aromatic carbocycles. The van der Waals surface area contributed by atoms with Gasteiger partial charge in [-0.1, -0.05) is 24.3 Å². The van der Waals surface area contributed by atoms with Gasteiger partial charge in [0.05, 0.1) is 5.60 Å². The summed E-state index contributed by atoms with van der Waals surface area (Å²) in [5.74, 6) is 0. The second-order valence-electron chi connectivity index (χ2n) is 2.65. The predicted octanol–water partition coefficient (Wildman–Crippen LogP) is 1.89. The average molecular weight is 126 g/mol. The van der Waals surface area contributed by atoms with Crippen molar-refractivity contribution in [3.8, 4) is 0 Å². The maximum Gasteiger partial charge on any atom is 0.0980 e. The van der Waals surface area contributed by atoms with Gasteiger partial charge in [-0.05, 0) is 20.8 Å². The molecule has 1 N–H and O–H groups in total. The van der Waals surface area contributed by atoms with Gasteiger partial charge in [0.15, 0.2) is 0 Å². The molecule has 0 fully saturated rings. The zero-order valence-electron chi connectivity index (χ0n) is 6.31. The Labute approximate surface area is 56.7 Å². The summed E-state index contributed by atoms with van der Waals surface area (Å²) >= 11 is 0. The Kier molecular flexibility index (Phi) is 2.65. The lowest BCUT2D eigenvalue weighted by molar-refractivity contribution is 0.163. The van der Waals surface area contributed by atoms with Crippen molar-refractivity contribution in [2.45, 2.75) is 26.4 Å². The van der Waals surface area contributed by atoms with E-state index in [0.29, 0.717) is 0 Å². The van der Waals surface area contributed by atoms with Gasteiger partial charge in [-0.3, -0.25) is 0 Å². The molecule has 1 unspecified atom stereocenters. The SMILES string of the molecule is C=CC(C)(O)C=C(C)C. The van der Waals surface area contributed by atoms with E-state index in [0.717, 1.165) is 5.57 Å². The summed E-state index contributed by atoms with van der Waals surface area (Å²) in [6.45, 7) is 9.08. The van der Waals surface area contributed by atoms with Crippen molar-refractivity contribution in [3.05, 3.63) is 24.3 Å².